The summed E-state index contributed by atoms with van der Waals surface area (Å²) in [5.41, 5.74) is 1.78. The van der Waals surface area contributed by atoms with E-state index in [0.717, 1.165) is 27.6 Å². The third-order valence-corrected chi connectivity index (χ3v) is 4.23. The van der Waals surface area contributed by atoms with Gasteiger partial charge in [-0.25, -0.2) is 4.39 Å². The Labute approximate surface area is 152 Å². The summed E-state index contributed by atoms with van der Waals surface area (Å²) in [6.45, 7) is 1.94. The minimum atomic E-state index is -0.298. The summed E-state index contributed by atoms with van der Waals surface area (Å²) in [4.78, 5) is 12.1. The van der Waals surface area contributed by atoms with Crippen LogP contribution < -0.4 is 10.1 Å². The van der Waals surface area contributed by atoms with Crippen molar-refractivity contribution in [3.63, 3.8) is 0 Å². The second kappa shape index (κ2) is 7.83. The molecule has 1 N–H and O–H groups in total. The van der Waals surface area contributed by atoms with E-state index in [9.17, 15) is 9.18 Å². The first-order valence-electron chi connectivity index (χ1n) is 8.37. The van der Waals surface area contributed by atoms with Crippen molar-refractivity contribution in [2.45, 2.75) is 13.0 Å². The molecule has 0 radical (unpaired) electrons. The molecule has 132 valence electrons. The van der Waals surface area contributed by atoms with Crippen LogP contribution in [0.5, 0.6) is 5.75 Å². The van der Waals surface area contributed by atoms with Gasteiger partial charge < -0.3 is 10.1 Å². The first-order chi connectivity index (χ1) is 12.5. The van der Waals surface area contributed by atoms with Crippen molar-refractivity contribution in [1.29, 1.82) is 0 Å². The lowest BCUT2D eigenvalue weighted by Gasteiger charge is -2.14. The molecule has 3 aromatic carbocycles. The molecule has 3 aromatic rings. The smallest absolute Gasteiger partial charge is 0.244 e. The van der Waals surface area contributed by atoms with Gasteiger partial charge in [-0.3, -0.25) is 4.79 Å². The summed E-state index contributed by atoms with van der Waals surface area (Å²) in [7, 11) is 1.64. The van der Waals surface area contributed by atoms with Crippen molar-refractivity contribution in [1.82, 2.24) is 5.32 Å². The maximum Gasteiger partial charge on any atom is 0.244 e. The van der Waals surface area contributed by atoms with Crippen LogP contribution in [0.2, 0.25) is 0 Å². The number of hydrogen-bond donors (Lipinski definition) is 1. The second-order valence-corrected chi connectivity index (χ2v) is 6.09. The number of methoxy groups -OCH3 is 1. The van der Waals surface area contributed by atoms with Gasteiger partial charge in [0.15, 0.2) is 0 Å². The first kappa shape index (κ1) is 17.7. The number of carbonyl (C=O) groups is 1. The zero-order chi connectivity index (χ0) is 18.5. The van der Waals surface area contributed by atoms with E-state index < -0.39 is 0 Å². The summed E-state index contributed by atoms with van der Waals surface area (Å²) in [5.74, 6) is 0.300. The Hall–Kier alpha value is -3.14. The van der Waals surface area contributed by atoms with Gasteiger partial charge in [0, 0.05) is 6.08 Å². The Morgan fingerprint density at radius 1 is 1.04 bits per heavy atom. The molecule has 3 nitrogen and oxygen atoms in total. The van der Waals surface area contributed by atoms with Crippen LogP contribution in [0.25, 0.3) is 16.8 Å². The van der Waals surface area contributed by atoms with Crippen LogP contribution in [-0.4, -0.2) is 13.0 Å². The van der Waals surface area contributed by atoms with Gasteiger partial charge in [-0.05, 0) is 65.2 Å². The predicted molar refractivity (Wildman–Crippen MR) is 102 cm³/mol. The van der Waals surface area contributed by atoms with Gasteiger partial charge >= 0.3 is 0 Å². The summed E-state index contributed by atoms with van der Waals surface area (Å²) in [6.07, 6.45) is 3.11. The topological polar surface area (TPSA) is 38.3 Å². The Balaban J connectivity index is 1.70. The van der Waals surface area contributed by atoms with Crippen molar-refractivity contribution in [2.75, 3.05) is 7.11 Å². The Bertz CT molecular complexity index is 948. The minimum absolute atomic E-state index is 0.143. The average molecular weight is 349 g/mol. The third kappa shape index (κ3) is 4.28. The molecule has 0 aromatic heterocycles. The minimum Gasteiger partial charge on any atom is -0.497 e. The number of halogens is 1. The highest BCUT2D eigenvalue weighted by Gasteiger charge is 2.08. The Morgan fingerprint density at radius 3 is 2.50 bits per heavy atom. The fourth-order valence-corrected chi connectivity index (χ4v) is 2.73. The molecule has 3 rings (SSSR count). The largest absolute Gasteiger partial charge is 0.497 e. The van der Waals surface area contributed by atoms with E-state index in [4.69, 9.17) is 4.74 Å². The second-order valence-electron chi connectivity index (χ2n) is 6.09. The fraction of sp³-hybridized carbons (Fsp3) is 0.136. The van der Waals surface area contributed by atoms with Gasteiger partial charge in [0.25, 0.3) is 0 Å². The molecule has 0 aliphatic rings. The molecule has 0 aliphatic heterocycles. The van der Waals surface area contributed by atoms with Crippen LogP contribution in [0.3, 0.4) is 0 Å². The lowest BCUT2D eigenvalue weighted by Crippen LogP contribution is -2.24. The summed E-state index contributed by atoms with van der Waals surface area (Å²) in [5, 5.41) is 5.12. The molecule has 1 atom stereocenters. The monoisotopic (exact) mass is 349 g/mol. The number of fused-ring (bicyclic) bond motifs is 1. The van der Waals surface area contributed by atoms with Crippen molar-refractivity contribution >= 4 is 22.8 Å². The molecule has 26 heavy (non-hydrogen) atoms. The number of carbonyl (C=O) groups excluding carboxylic acids is 1. The van der Waals surface area contributed by atoms with Crippen LogP contribution in [0, 0.1) is 5.82 Å². The summed E-state index contributed by atoms with van der Waals surface area (Å²) in [6, 6.07) is 17.8. The van der Waals surface area contributed by atoms with Crippen LogP contribution in [0.4, 0.5) is 4.39 Å². The molecule has 0 fully saturated rings. The number of nitrogens with one attached hydrogen (secondary N) is 1. The first-order valence-corrected chi connectivity index (χ1v) is 8.37. The molecule has 0 aliphatic carbocycles. The SMILES string of the molecule is COc1ccc2ccc(C(C)NC(=O)/C=C/c3ccc(F)cc3)cc2c1. The normalized spacial score (nSPS) is 12.3. The molecular formula is C22H20FNO2. The van der Waals surface area contributed by atoms with Crippen molar-refractivity contribution in [2.24, 2.45) is 0 Å². The van der Waals surface area contributed by atoms with Crippen molar-refractivity contribution in [3.05, 3.63) is 83.7 Å². The van der Waals surface area contributed by atoms with E-state index in [0.29, 0.717) is 0 Å². The Kier molecular flexibility index (Phi) is 5.32. The standard InChI is InChI=1S/C22H20FNO2/c1-15(24-22(25)12-5-16-3-9-20(23)10-4-16)18-7-6-17-8-11-21(26-2)14-19(17)13-18/h3-15H,1-2H3,(H,24,25)/b12-5+. The molecule has 0 saturated heterocycles. The Morgan fingerprint density at radius 2 is 1.77 bits per heavy atom. The van der Waals surface area contributed by atoms with Crippen LogP contribution >= 0.6 is 0 Å². The lowest BCUT2D eigenvalue weighted by atomic mass is 10.0. The number of benzene rings is 3. The van der Waals surface area contributed by atoms with Gasteiger partial charge in [-0.15, -0.1) is 0 Å². The fourth-order valence-electron chi connectivity index (χ4n) is 2.73. The third-order valence-electron chi connectivity index (χ3n) is 4.23. The van der Waals surface area contributed by atoms with Gasteiger partial charge in [0.05, 0.1) is 13.2 Å². The van der Waals surface area contributed by atoms with Crippen molar-refractivity contribution in [3.8, 4) is 5.75 Å². The van der Waals surface area contributed by atoms with Crippen LogP contribution in [0.15, 0.2) is 66.7 Å². The zero-order valence-electron chi connectivity index (χ0n) is 14.7. The molecule has 0 heterocycles. The highest BCUT2D eigenvalue weighted by molar-refractivity contribution is 5.92. The summed E-state index contributed by atoms with van der Waals surface area (Å²) >= 11 is 0. The van der Waals surface area contributed by atoms with Gasteiger partial charge in [-0.1, -0.05) is 30.3 Å². The van der Waals surface area contributed by atoms with E-state index >= 15 is 0 Å². The van der Waals surface area contributed by atoms with E-state index in [1.807, 2.05) is 43.3 Å². The quantitative estimate of drug-likeness (QED) is 0.667. The predicted octanol–water partition coefficient (Wildman–Crippen LogP) is 4.88. The molecule has 4 heteroatoms. The van der Waals surface area contributed by atoms with Crippen LogP contribution in [-0.2, 0) is 4.79 Å². The number of ether oxygens (including phenoxy) is 1. The van der Waals surface area contributed by atoms with Crippen molar-refractivity contribution < 1.29 is 13.9 Å². The number of rotatable bonds is 5. The molecular weight excluding hydrogens is 329 g/mol. The molecule has 0 bridgehead atoms. The van der Waals surface area contributed by atoms with Crippen LogP contribution in [0.1, 0.15) is 24.1 Å². The highest BCUT2D eigenvalue weighted by atomic mass is 19.1. The zero-order valence-corrected chi connectivity index (χ0v) is 14.7. The van der Waals surface area contributed by atoms with E-state index in [2.05, 4.69) is 5.32 Å². The highest BCUT2D eigenvalue weighted by Crippen LogP contribution is 2.24. The van der Waals surface area contributed by atoms with Gasteiger partial charge in [-0.2, -0.15) is 0 Å². The van der Waals surface area contributed by atoms with Gasteiger partial charge in [0.2, 0.25) is 5.91 Å². The molecule has 0 saturated carbocycles. The maximum absolute atomic E-state index is 12.9. The van der Waals surface area contributed by atoms with Gasteiger partial charge in [0.1, 0.15) is 11.6 Å². The van der Waals surface area contributed by atoms with E-state index in [1.165, 1.54) is 18.2 Å². The number of amides is 1. The lowest BCUT2D eigenvalue weighted by molar-refractivity contribution is -0.117. The molecule has 1 amide bonds. The van der Waals surface area contributed by atoms with E-state index in [1.54, 1.807) is 25.3 Å². The summed E-state index contributed by atoms with van der Waals surface area (Å²) < 4.78 is 18.2. The maximum atomic E-state index is 12.9. The van der Waals surface area contributed by atoms with E-state index in [-0.39, 0.29) is 17.8 Å². The molecule has 1 unspecified atom stereocenters. The average Bonchev–Trinajstić information content (AvgIpc) is 2.66. The number of hydrogen-bond acceptors (Lipinski definition) is 2. The molecule has 0 spiro atoms.